The van der Waals surface area contributed by atoms with Gasteiger partial charge in [-0.1, -0.05) is 18.0 Å². The highest BCUT2D eigenvalue weighted by Gasteiger charge is 2.24. The summed E-state index contributed by atoms with van der Waals surface area (Å²) in [6.07, 6.45) is 4.98. The summed E-state index contributed by atoms with van der Waals surface area (Å²) in [7, 11) is 0. The predicted octanol–water partition coefficient (Wildman–Crippen LogP) is 1.09. The lowest BCUT2D eigenvalue weighted by Crippen LogP contribution is -2.33. The van der Waals surface area contributed by atoms with Gasteiger partial charge in [0.2, 0.25) is 0 Å². The Bertz CT molecular complexity index is 480. The first-order valence-corrected chi connectivity index (χ1v) is 6.35. The third-order valence-corrected chi connectivity index (χ3v) is 3.16. The number of pyridine rings is 1. The van der Waals surface area contributed by atoms with Crippen molar-refractivity contribution in [2.45, 2.75) is 32.2 Å². The number of amides is 1. The van der Waals surface area contributed by atoms with Gasteiger partial charge in [0.25, 0.3) is 5.91 Å². The van der Waals surface area contributed by atoms with E-state index in [-0.39, 0.29) is 17.8 Å². The molecule has 0 saturated heterocycles. The van der Waals surface area contributed by atoms with Crippen LogP contribution in [0.4, 0.5) is 0 Å². The zero-order valence-electron chi connectivity index (χ0n) is 10.8. The Morgan fingerprint density at radius 2 is 2.37 bits per heavy atom. The van der Waals surface area contributed by atoms with Gasteiger partial charge in [-0.05, 0) is 31.4 Å². The third kappa shape index (κ3) is 3.67. The van der Waals surface area contributed by atoms with Gasteiger partial charge in [-0.15, -0.1) is 0 Å². The molecule has 1 atom stereocenters. The molecule has 1 saturated carbocycles. The van der Waals surface area contributed by atoms with Crippen LogP contribution in [0.2, 0.25) is 0 Å². The van der Waals surface area contributed by atoms with Gasteiger partial charge < -0.3 is 16.3 Å². The number of carbonyl (C=O) groups is 1. The molecule has 1 aromatic heterocycles. The molecule has 0 aliphatic heterocycles. The van der Waals surface area contributed by atoms with E-state index in [2.05, 4.69) is 15.5 Å². The second kappa shape index (κ2) is 5.69. The van der Waals surface area contributed by atoms with Gasteiger partial charge in [0, 0.05) is 17.8 Å². The molecule has 1 aromatic rings. The fourth-order valence-corrected chi connectivity index (χ4v) is 1.95. The first-order chi connectivity index (χ1) is 9.10. The molecule has 0 aromatic carbocycles. The zero-order chi connectivity index (χ0) is 13.8. The van der Waals surface area contributed by atoms with Crippen molar-refractivity contribution in [2.24, 2.45) is 16.8 Å². The highest BCUT2D eigenvalue weighted by Crippen LogP contribution is 2.33. The quantitative estimate of drug-likeness (QED) is 0.320. The van der Waals surface area contributed by atoms with Gasteiger partial charge in [-0.25, -0.2) is 0 Å². The van der Waals surface area contributed by atoms with Gasteiger partial charge in [0.15, 0.2) is 5.84 Å². The molecule has 1 fully saturated rings. The Kier molecular flexibility index (Phi) is 3.99. The summed E-state index contributed by atoms with van der Waals surface area (Å²) in [4.78, 5) is 15.9. The maximum atomic E-state index is 11.9. The largest absolute Gasteiger partial charge is 0.409 e. The number of nitrogens with one attached hydrogen (secondary N) is 1. The maximum absolute atomic E-state index is 11.9. The van der Waals surface area contributed by atoms with E-state index in [9.17, 15) is 4.79 Å². The fourth-order valence-electron chi connectivity index (χ4n) is 1.95. The van der Waals surface area contributed by atoms with E-state index < -0.39 is 0 Å². The molecule has 1 heterocycles. The fraction of sp³-hybridized carbons (Fsp3) is 0.462. The monoisotopic (exact) mass is 262 g/mol. The highest BCUT2D eigenvalue weighted by atomic mass is 16.4. The normalized spacial score (nSPS) is 17.0. The number of nitrogens with zero attached hydrogens (tertiary/aromatic N) is 2. The van der Waals surface area contributed by atoms with Crippen molar-refractivity contribution in [3.8, 4) is 0 Å². The number of nitrogens with two attached hydrogens (primary N) is 1. The zero-order valence-corrected chi connectivity index (χ0v) is 10.8. The molecule has 19 heavy (non-hydrogen) atoms. The average molecular weight is 262 g/mol. The highest BCUT2D eigenvalue weighted by molar-refractivity contribution is 5.98. The van der Waals surface area contributed by atoms with Crippen molar-refractivity contribution in [1.82, 2.24) is 10.3 Å². The lowest BCUT2D eigenvalue weighted by Gasteiger charge is -2.12. The summed E-state index contributed by atoms with van der Waals surface area (Å²) in [5, 5.41) is 14.3. The number of oxime groups is 1. The molecule has 0 spiro atoms. The lowest BCUT2D eigenvalue weighted by atomic mass is 10.1. The summed E-state index contributed by atoms with van der Waals surface area (Å²) in [5.41, 5.74) is 6.23. The van der Waals surface area contributed by atoms with E-state index in [1.54, 1.807) is 12.1 Å². The predicted molar refractivity (Wildman–Crippen MR) is 71.0 cm³/mol. The van der Waals surface area contributed by atoms with Gasteiger partial charge in [-0.3, -0.25) is 9.78 Å². The Morgan fingerprint density at radius 3 is 2.89 bits per heavy atom. The molecule has 1 amide bonds. The molecule has 1 aliphatic carbocycles. The molecule has 2 rings (SSSR count). The first-order valence-electron chi connectivity index (χ1n) is 6.35. The van der Waals surface area contributed by atoms with Crippen molar-refractivity contribution >= 4 is 11.7 Å². The van der Waals surface area contributed by atoms with Crippen molar-refractivity contribution in [2.75, 3.05) is 0 Å². The van der Waals surface area contributed by atoms with Gasteiger partial charge >= 0.3 is 0 Å². The minimum Gasteiger partial charge on any atom is -0.409 e. The van der Waals surface area contributed by atoms with Crippen LogP contribution in [0.3, 0.4) is 0 Å². The SMILES string of the molecule is CC(CC1CC1)NC(=O)c1ccc(C(N)=NO)cn1. The van der Waals surface area contributed by atoms with Crippen LogP contribution in [-0.4, -0.2) is 28.0 Å². The number of rotatable bonds is 5. The van der Waals surface area contributed by atoms with Crippen LogP contribution in [0, 0.1) is 5.92 Å². The van der Waals surface area contributed by atoms with E-state index >= 15 is 0 Å². The maximum Gasteiger partial charge on any atom is 0.270 e. The van der Waals surface area contributed by atoms with Gasteiger partial charge in [-0.2, -0.15) is 0 Å². The minimum absolute atomic E-state index is 0.0263. The van der Waals surface area contributed by atoms with E-state index in [1.165, 1.54) is 19.0 Å². The van der Waals surface area contributed by atoms with E-state index in [0.717, 1.165) is 12.3 Å². The second-order valence-corrected chi connectivity index (χ2v) is 4.97. The molecule has 1 aliphatic rings. The Labute approximate surface area is 111 Å². The Balaban J connectivity index is 1.94. The van der Waals surface area contributed by atoms with Crippen LogP contribution in [-0.2, 0) is 0 Å². The lowest BCUT2D eigenvalue weighted by molar-refractivity contribution is 0.0932. The molecular formula is C13H18N4O2. The molecule has 102 valence electrons. The number of carbonyl (C=O) groups excluding carboxylic acids is 1. The average Bonchev–Trinajstić information content (AvgIpc) is 3.21. The molecule has 4 N–H and O–H groups in total. The molecule has 0 bridgehead atoms. The number of hydrogen-bond donors (Lipinski definition) is 3. The Hall–Kier alpha value is -2.11. The molecule has 6 heteroatoms. The van der Waals surface area contributed by atoms with Gasteiger partial charge in [0.05, 0.1) is 0 Å². The van der Waals surface area contributed by atoms with Crippen LogP contribution in [0.1, 0.15) is 42.2 Å². The van der Waals surface area contributed by atoms with E-state index in [4.69, 9.17) is 10.9 Å². The number of aromatic nitrogens is 1. The number of amidine groups is 1. The second-order valence-electron chi connectivity index (χ2n) is 4.97. The van der Waals surface area contributed by atoms with Crippen molar-refractivity contribution in [1.29, 1.82) is 0 Å². The van der Waals surface area contributed by atoms with E-state index in [1.807, 2.05) is 6.92 Å². The van der Waals surface area contributed by atoms with Gasteiger partial charge in [0.1, 0.15) is 5.69 Å². The minimum atomic E-state index is -0.195. The molecule has 6 nitrogen and oxygen atoms in total. The molecular weight excluding hydrogens is 244 g/mol. The van der Waals surface area contributed by atoms with Crippen molar-refractivity contribution < 1.29 is 10.0 Å². The number of hydrogen-bond acceptors (Lipinski definition) is 4. The summed E-state index contributed by atoms with van der Waals surface area (Å²) < 4.78 is 0. The molecule has 0 radical (unpaired) electrons. The molecule has 1 unspecified atom stereocenters. The standard InChI is InChI=1S/C13H18N4O2/c1-8(6-9-2-3-9)16-13(18)11-5-4-10(7-15-11)12(14)17-19/h4-5,7-9,19H,2-3,6H2,1H3,(H2,14,17)(H,16,18). The first kappa shape index (κ1) is 13.3. The smallest absolute Gasteiger partial charge is 0.270 e. The van der Waals surface area contributed by atoms with Crippen LogP contribution in [0.25, 0.3) is 0 Å². The topological polar surface area (TPSA) is 101 Å². The summed E-state index contributed by atoms with van der Waals surface area (Å²) in [5.74, 6) is 0.548. The Morgan fingerprint density at radius 1 is 1.63 bits per heavy atom. The van der Waals surface area contributed by atoms with Crippen LogP contribution in [0.5, 0.6) is 0 Å². The van der Waals surface area contributed by atoms with Crippen molar-refractivity contribution in [3.05, 3.63) is 29.6 Å². The van der Waals surface area contributed by atoms with Crippen LogP contribution in [0.15, 0.2) is 23.5 Å². The van der Waals surface area contributed by atoms with Crippen LogP contribution < -0.4 is 11.1 Å². The van der Waals surface area contributed by atoms with E-state index in [0.29, 0.717) is 11.3 Å². The van der Waals surface area contributed by atoms with Crippen LogP contribution >= 0.6 is 0 Å². The summed E-state index contributed by atoms with van der Waals surface area (Å²) >= 11 is 0. The third-order valence-electron chi connectivity index (χ3n) is 3.16. The van der Waals surface area contributed by atoms with Crippen molar-refractivity contribution in [3.63, 3.8) is 0 Å². The summed E-state index contributed by atoms with van der Waals surface area (Å²) in [6.45, 7) is 2.00. The summed E-state index contributed by atoms with van der Waals surface area (Å²) in [6, 6.07) is 3.32.